The molecule has 1 amide bonds. The van der Waals surface area contributed by atoms with Gasteiger partial charge in [-0.15, -0.1) is 0 Å². The van der Waals surface area contributed by atoms with Crippen molar-refractivity contribution in [3.63, 3.8) is 0 Å². The number of carbonyl (C=O) groups is 1. The molecule has 1 saturated carbocycles. The number of carbonyl (C=O) groups excluding carboxylic acids is 1. The third kappa shape index (κ3) is 3.64. The van der Waals surface area contributed by atoms with E-state index in [9.17, 15) is 4.79 Å². The van der Waals surface area contributed by atoms with Crippen molar-refractivity contribution in [3.05, 3.63) is 47.4 Å². The molecule has 3 fully saturated rings. The lowest BCUT2D eigenvalue weighted by Crippen LogP contribution is -2.48. The molecular formula is C25H24ClN5O3. The molecule has 0 radical (unpaired) electrons. The van der Waals surface area contributed by atoms with Gasteiger partial charge in [-0.05, 0) is 69.7 Å². The Balaban J connectivity index is 1.24. The molecule has 2 aromatic heterocycles. The van der Waals surface area contributed by atoms with Gasteiger partial charge < -0.3 is 18.9 Å². The van der Waals surface area contributed by atoms with Crippen LogP contribution in [-0.2, 0) is 4.74 Å². The molecule has 9 heteroatoms. The number of nitrogens with zero attached hydrogens (tertiary/aromatic N) is 5. The summed E-state index contributed by atoms with van der Waals surface area (Å²) in [6.45, 7) is 2.01. The molecular weight excluding hydrogens is 454 g/mol. The van der Waals surface area contributed by atoms with Crippen molar-refractivity contribution in [2.75, 3.05) is 0 Å². The third-order valence-electron chi connectivity index (χ3n) is 7.34. The SMILES string of the molecule is CC1(OC(=O)N2C3CCC2CC(n2ccc4c(Oc5ccc(C#N)cc5Cl)ncnc42)C3)CC1. The van der Waals surface area contributed by atoms with Crippen molar-refractivity contribution in [2.24, 2.45) is 0 Å². The van der Waals surface area contributed by atoms with Gasteiger partial charge in [-0.25, -0.2) is 14.8 Å². The first kappa shape index (κ1) is 21.2. The fourth-order valence-corrected chi connectivity index (χ4v) is 5.52. The number of halogens is 1. The van der Waals surface area contributed by atoms with E-state index in [2.05, 4.69) is 20.6 Å². The van der Waals surface area contributed by atoms with E-state index in [0.717, 1.165) is 49.6 Å². The van der Waals surface area contributed by atoms with Crippen LogP contribution in [0.4, 0.5) is 4.79 Å². The highest BCUT2D eigenvalue weighted by molar-refractivity contribution is 6.32. The summed E-state index contributed by atoms with van der Waals surface area (Å²) in [6.07, 6.45) is 9.02. The van der Waals surface area contributed by atoms with E-state index in [0.29, 0.717) is 22.2 Å². The zero-order valence-corrected chi connectivity index (χ0v) is 19.5. The van der Waals surface area contributed by atoms with Gasteiger partial charge in [0.25, 0.3) is 0 Å². The molecule has 2 atom stereocenters. The van der Waals surface area contributed by atoms with Crippen LogP contribution in [0.1, 0.15) is 57.1 Å². The molecule has 4 heterocycles. The number of nitriles is 1. The van der Waals surface area contributed by atoms with E-state index < -0.39 is 0 Å². The first-order chi connectivity index (χ1) is 16.4. The van der Waals surface area contributed by atoms with E-state index in [-0.39, 0.29) is 29.8 Å². The molecule has 3 aliphatic rings. The van der Waals surface area contributed by atoms with E-state index in [1.807, 2.05) is 24.1 Å². The van der Waals surface area contributed by atoms with Crippen LogP contribution in [0.3, 0.4) is 0 Å². The number of hydrogen-bond acceptors (Lipinski definition) is 6. The van der Waals surface area contributed by atoms with Gasteiger partial charge in [0.1, 0.15) is 23.3 Å². The Bertz CT molecular complexity index is 1310. The highest BCUT2D eigenvalue weighted by Crippen LogP contribution is 2.45. The summed E-state index contributed by atoms with van der Waals surface area (Å²) in [6, 6.07) is 9.52. The minimum absolute atomic E-state index is 0.152. The average molecular weight is 478 g/mol. The maximum Gasteiger partial charge on any atom is 0.410 e. The van der Waals surface area contributed by atoms with Crippen molar-refractivity contribution in [3.8, 4) is 17.7 Å². The van der Waals surface area contributed by atoms with Gasteiger partial charge in [0, 0.05) is 24.3 Å². The van der Waals surface area contributed by atoms with Crippen molar-refractivity contribution in [1.82, 2.24) is 19.4 Å². The lowest BCUT2D eigenvalue weighted by molar-refractivity contribution is 0.0285. The Hall–Kier alpha value is -3.31. The zero-order chi connectivity index (χ0) is 23.4. The molecule has 2 bridgehead atoms. The first-order valence-electron chi connectivity index (χ1n) is 11.6. The Morgan fingerprint density at radius 2 is 1.94 bits per heavy atom. The summed E-state index contributed by atoms with van der Waals surface area (Å²) in [5.41, 5.74) is 1.00. The van der Waals surface area contributed by atoms with Crippen LogP contribution in [-0.4, -0.2) is 43.2 Å². The minimum Gasteiger partial charge on any atom is -0.443 e. The summed E-state index contributed by atoms with van der Waals surface area (Å²) >= 11 is 6.29. The molecule has 8 nitrogen and oxygen atoms in total. The number of amides is 1. The quantitative estimate of drug-likeness (QED) is 0.485. The lowest BCUT2D eigenvalue weighted by Gasteiger charge is -2.39. The molecule has 3 aromatic rings. The Morgan fingerprint density at radius 3 is 2.62 bits per heavy atom. The number of fused-ring (bicyclic) bond motifs is 3. The summed E-state index contributed by atoms with van der Waals surface area (Å²) in [4.78, 5) is 23.7. The van der Waals surface area contributed by atoms with Crippen molar-refractivity contribution in [2.45, 2.75) is 69.2 Å². The third-order valence-corrected chi connectivity index (χ3v) is 7.64. The van der Waals surface area contributed by atoms with Crippen LogP contribution >= 0.6 is 11.6 Å². The Labute approximate surface area is 202 Å². The second kappa shape index (κ2) is 7.88. The minimum atomic E-state index is -0.255. The van der Waals surface area contributed by atoms with Crippen LogP contribution in [0.25, 0.3) is 11.0 Å². The zero-order valence-electron chi connectivity index (χ0n) is 18.8. The normalized spacial score (nSPS) is 24.6. The maximum absolute atomic E-state index is 12.8. The molecule has 174 valence electrons. The van der Waals surface area contributed by atoms with Crippen molar-refractivity contribution >= 4 is 28.7 Å². The van der Waals surface area contributed by atoms with Gasteiger partial charge in [-0.3, -0.25) is 0 Å². The molecule has 1 aromatic carbocycles. The number of benzene rings is 1. The second-order valence-electron chi connectivity index (χ2n) is 9.73. The summed E-state index contributed by atoms with van der Waals surface area (Å²) in [5, 5.41) is 10.2. The molecule has 1 aliphatic carbocycles. The second-order valence-corrected chi connectivity index (χ2v) is 10.1. The van der Waals surface area contributed by atoms with Crippen LogP contribution in [0.15, 0.2) is 36.8 Å². The van der Waals surface area contributed by atoms with Crippen molar-refractivity contribution < 1.29 is 14.3 Å². The van der Waals surface area contributed by atoms with E-state index >= 15 is 0 Å². The van der Waals surface area contributed by atoms with Gasteiger partial charge in [-0.1, -0.05) is 11.6 Å². The van der Waals surface area contributed by atoms with E-state index in [1.165, 1.54) is 6.33 Å². The number of ether oxygens (including phenoxy) is 2. The monoisotopic (exact) mass is 477 g/mol. The van der Waals surface area contributed by atoms with Gasteiger partial charge in [0.15, 0.2) is 0 Å². The molecule has 2 saturated heterocycles. The predicted molar refractivity (Wildman–Crippen MR) is 125 cm³/mol. The molecule has 34 heavy (non-hydrogen) atoms. The van der Waals surface area contributed by atoms with Gasteiger partial charge >= 0.3 is 6.09 Å². The summed E-state index contributed by atoms with van der Waals surface area (Å²) in [7, 11) is 0. The number of rotatable bonds is 4. The largest absolute Gasteiger partial charge is 0.443 e. The Morgan fingerprint density at radius 1 is 1.18 bits per heavy atom. The summed E-state index contributed by atoms with van der Waals surface area (Å²) < 4.78 is 14.0. The molecule has 0 spiro atoms. The molecule has 6 rings (SSSR count). The van der Waals surface area contributed by atoms with Crippen LogP contribution < -0.4 is 4.74 Å². The number of aromatic nitrogens is 3. The van der Waals surface area contributed by atoms with Crippen LogP contribution in [0, 0.1) is 11.3 Å². The number of hydrogen-bond donors (Lipinski definition) is 0. The average Bonchev–Trinajstić information content (AvgIpc) is 3.27. The van der Waals surface area contributed by atoms with Crippen molar-refractivity contribution in [1.29, 1.82) is 5.26 Å². The maximum atomic E-state index is 12.8. The standard InChI is InChI=1S/C25H24ClN5O3/c1-25(7-8-25)34-24(32)31-16-3-4-17(31)12-18(11-16)30-9-6-19-22(30)28-14-29-23(19)33-21-5-2-15(13-27)10-20(21)26/h2,5-6,9-10,14,16-18H,3-4,7-8,11-12H2,1H3. The van der Waals surface area contributed by atoms with Crippen LogP contribution in [0.2, 0.25) is 5.02 Å². The number of piperidine rings is 1. The fourth-order valence-electron chi connectivity index (χ4n) is 5.30. The fraction of sp³-hybridized carbons (Fsp3) is 0.440. The molecule has 2 aliphatic heterocycles. The van der Waals surface area contributed by atoms with E-state index in [4.69, 9.17) is 26.3 Å². The van der Waals surface area contributed by atoms with Gasteiger partial charge in [0.05, 0.1) is 22.0 Å². The topological polar surface area (TPSA) is 93.3 Å². The van der Waals surface area contributed by atoms with Crippen LogP contribution in [0.5, 0.6) is 11.6 Å². The summed E-state index contributed by atoms with van der Waals surface area (Å²) in [5.74, 6) is 0.847. The van der Waals surface area contributed by atoms with E-state index in [1.54, 1.807) is 18.2 Å². The molecule has 2 unspecified atom stereocenters. The molecule has 0 N–H and O–H groups in total. The smallest absolute Gasteiger partial charge is 0.410 e. The highest BCUT2D eigenvalue weighted by Gasteiger charge is 2.48. The van der Waals surface area contributed by atoms with Gasteiger partial charge in [-0.2, -0.15) is 5.26 Å². The predicted octanol–water partition coefficient (Wildman–Crippen LogP) is 5.61. The Kier molecular flexibility index (Phi) is 4.92. The van der Waals surface area contributed by atoms with Gasteiger partial charge in [0.2, 0.25) is 5.88 Å². The highest BCUT2D eigenvalue weighted by atomic mass is 35.5. The lowest BCUT2D eigenvalue weighted by atomic mass is 9.97. The first-order valence-corrected chi connectivity index (χ1v) is 12.0.